The van der Waals surface area contributed by atoms with Crippen molar-refractivity contribution in [3.05, 3.63) is 0 Å². The highest BCUT2D eigenvalue weighted by Gasteiger charge is 2.24. The predicted molar refractivity (Wildman–Crippen MR) is 72.9 cm³/mol. The van der Waals surface area contributed by atoms with E-state index in [1.165, 1.54) is 45.3 Å². The van der Waals surface area contributed by atoms with Gasteiger partial charge in [-0.2, -0.15) is 0 Å². The van der Waals surface area contributed by atoms with Gasteiger partial charge >= 0.3 is 0 Å². The van der Waals surface area contributed by atoms with Crippen molar-refractivity contribution in [3.8, 4) is 0 Å². The minimum Gasteiger partial charge on any atom is -0.382 e. The first-order valence-electron chi connectivity index (χ1n) is 7.41. The number of likely N-dealkylation sites (tertiary alicyclic amines) is 1. The molecule has 4 nitrogen and oxygen atoms in total. The third kappa shape index (κ3) is 5.65. The van der Waals surface area contributed by atoms with Gasteiger partial charge in [-0.25, -0.2) is 0 Å². The topological polar surface area (TPSA) is 33.7 Å². The minimum absolute atomic E-state index is 0.703. The normalized spacial score (nSPS) is 22.5. The molecule has 1 heterocycles. The summed E-state index contributed by atoms with van der Waals surface area (Å²) in [5.41, 5.74) is 0. The number of piperidine rings is 1. The molecule has 1 saturated carbocycles. The monoisotopic (exact) mass is 256 g/mol. The average Bonchev–Trinajstić information content (AvgIpc) is 3.22. The van der Waals surface area contributed by atoms with E-state index in [9.17, 15) is 0 Å². The van der Waals surface area contributed by atoms with Crippen LogP contribution in [0.15, 0.2) is 0 Å². The van der Waals surface area contributed by atoms with E-state index in [1.807, 2.05) is 0 Å². The van der Waals surface area contributed by atoms with Crippen LogP contribution in [0.5, 0.6) is 0 Å². The van der Waals surface area contributed by atoms with Gasteiger partial charge in [0.05, 0.1) is 19.8 Å². The molecule has 2 aliphatic rings. The molecule has 0 amide bonds. The van der Waals surface area contributed by atoms with E-state index in [-0.39, 0.29) is 0 Å². The molecule has 106 valence electrons. The van der Waals surface area contributed by atoms with Crippen molar-refractivity contribution < 1.29 is 9.47 Å². The van der Waals surface area contributed by atoms with Crippen molar-refractivity contribution in [2.24, 2.45) is 5.92 Å². The van der Waals surface area contributed by atoms with Gasteiger partial charge in [-0.05, 0) is 51.2 Å². The Labute approximate surface area is 111 Å². The van der Waals surface area contributed by atoms with Crippen LogP contribution in [0.4, 0.5) is 0 Å². The molecule has 1 aliphatic heterocycles. The van der Waals surface area contributed by atoms with Crippen molar-refractivity contribution in [3.63, 3.8) is 0 Å². The lowest BCUT2D eigenvalue weighted by Gasteiger charge is -2.32. The summed E-state index contributed by atoms with van der Waals surface area (Å²) in [6, 6.07) is 0.859. The molecule has 0 aromatic heterocycles. The lowest BCUT2D eigenvalue weighted by Crippen LogP contribution is -2.39. The summed E-state index contributed by atoms with van der Waals surface area (Å²) in [5, 5.41) is 3.65. The first kappa shape index (κ1) is 14.3. The molecule has 0 atom stereocenters. The molecule has 0 radical (unpaired) electrons. The highest BCUT2D eigenvalue weighted by Crippen LogP contribution is 2.21. The number of hydrogen-bond acceptors (Lipinski definition) is 4. The Balaban J connectivity index is 1.45. The van der Waals surface area contributed by atoms with E-state index in [2.05, 4.69) is 10.2 Å². The van der Waals surface area contributed by atoms with Crippen LogP contribution in [0, 0.1) is 5.92 Å². The van der Waals surface area contributed by atoms with Gasteiger partial charge in [-0.15, -0.1) is 0 Å². The van der Waals surface area contributed by atoms with E-state index in [0.29, 0.717) is 6.61 Å². The molecular weight excluding hydrogens is 228 g/mol. The van der Waals surface area contributed by atoms with Gasteiger partial charge in [0, 0.05) is 19.7 Å². The Hall–Kier alpha value is -0.160. The molecule has 2 fully saturated rings. The zero-order valence-electron chi connectivity index (χ0n) is 11.7. The Kier molecular flexibility index (Phi) is 6.41. The molecule has 1 N–H and O–H groups in total. The van der Waals surface area contributed by atoms with E-state index >= 15 is 0 Å². The SMILES string of the molecule is COCCOCCN1CCC(CNC2CC2)CC1. The zero-order chi connectivity index (χ0) is 12.6. The molecular formula is C14H28N2O2. The summed E-state index contributed by atoms with van der Waals surface area (Å²) in [5.74, 6) is 0.899. The maximum Gasteiger partial charge on any atom is 0.0700 e. The molecule has 4 heteroatoms. The first-order valence-corrected chi connectivity index (χ1v) is 7.41. The molecule has 0 bridgehead atoms. The highest BCUT2D eigenvalue weighted by molar-refractivity contribution is 4.83. The largest absolute Gasteiger partial charge is 0.382 e. The number of nitrogens with one attached hydrogen (secondary N) is 1. The van der Waals surface area contributed by atoms with Crippen LogP contribution in [-0.4, -0.2) is 64.1 Å². The Morgan fingerprint density at radius 3 is 2.50 bits per heavy atom. The standard InChI is InChI=1S/C14H28N2O2/c1-17-10-11-18-9-8-16-6-4-13(5-7-16)12-15-14-2-3-14/h13-15H,2-12H2,1H3. The molecule has 2 rings (SSSR count). The summed E-state index contributed by atoms with van der Waals surface area (Å²) in [6.45, 7) is 7.06. The molecule has 0 unspecified atom stereocenters. The van der Waals surface area contributed by atoms with Crippen molar-refractivity contribution in [2.45, 2.75) is 31.7 Å². The fourth-order valence-corrected chi connectivity index (χ4v) is 2.47. The summed E-state index contributed by atoms with van der Waals surface area (Å²) >= 11 is 0. The van der Waals surface area contributed by atoms with Gasteiger partial charge in [0.15, 0.2) is 0 Å². The van der Waals surface area contributed by atoms with Crippen LogP contribution in [0.1, 0.15) is 25.7 Å². The quantitative estimate of drug-likeness (QED) is 0.627. The summed E-state index contributed by atoms with van der Waals surface area (Å²) < 4.78 is 10.5. The second-order valence-electron chi connectivity index (χ2n) is 5.57. The Bertz CT molecular complexity index is 214. The number of methoxy groups -OCH3 is 1. The number of hydrogen-bond donors (Lipinski definition) is 1. The Morgan fingerprint density at radius 2 is 1.83 bits per heavy atom. The summed E-state index contributed by atoms with van der Waals surface area (Å²) in [7, 11) is 1.71. The maximum absolute atomic E-state index is 5.51. The van der Waals surface area contributed by atoms with Crippen molar-refractivity contribution >= 4 is 0 Å². The van der Waals surface area contributed by atoms with E-state index in [4.69, 9.17) is 9.47 Å². The van der Waals surface area contributed by atoms with E-state index in [1.54, 1.807) is 7.11 Å². The van der Waals surface area contributed by atoms with Crippen LogP contribution in [-0.2, 0) is 9.47 Å². The second-order valence-corrected chi connectivity index (χ2v) is 5.57. The zero-order valence-corrected chi connectivity index (χ0v) is 11.7. The second kappa shape index (κ2) is 8.10. The van der Waals surface area contributed by atoms with Crippen LogP contribution in [0.2, 0.25) is 0 Å². The maximum atomic E-state index is 5.51. The van der Waals surface area contributed by atoms with Crippen LogP contribution < -0.4 is 5.32 Å². The molecule has 1 aliphatic carbocycles. The van der Waals surface area contributed by atoms with Gasteiger partial charge in [0.2, 0.25) is 0 Å². The van der Waals surface area contributed by atoms with Gasteiger partial charge in [-0.3, -0.25) is 0 Å². The van der Waals surface area contributed by atoms with Crippen LogP contribution >= 0.6 is 0 Å². The van der Waals surface area contributed by atoms with Gasteiger partial charge in [0.25, 0.3) is 0 Å². The molecule has 0 spiro atoms. The number of rotatable bonds is 9. The molecule has 1 saturated heterocycles. The fourth-order valence-electron chi connectivity index (χ4n) is 2.47. The molecule has 0 aromatic rings. The van der Waals surface area contributed by atoms with Crippen molar-refractivity contribution in [1.82, 2.24) is 10.2 Å². The summed E-state index contributed by atoms with van der Waals surface area (Å²) in [6.07, 6.45) is 5.49. The van der Waals surface area contributed by atoms with E-state index in [0.717, 1.165) is 31.7 Å². The molecule has 0 aromatic carbocycles. The van der Waals surface area contributed by atoms with Gasteiger partial charge in [0.1, 0.15) is 0 Å². The fraction of sp³-hybridized carbons (Fsp3) is 1.00. The highest BCUT2D eigenvalue weighted by atomic mass is 16.5. The summed E-state index contributed by atoms with van der Waals surface area (Å²) in [4.78, 5) is 2.53. The van der Waals surface area contributed by atoms with Crippen molar-refractivity contribution in [2.75, 3.05) is 53.1 Å². The average molecular weight is 256 g/mol. The third-order valence-corrected chi connectivity index (χ3v) is 3.96. The number of ether oxygens (including phenoxy) is 2. The van der Waals surface area contributed by atoms with Gasteiger partial charge in [-0.1, -0.05) is 0 Å². The smallest absolute Gasteiger partial charge is 0.0700 e. The Morgan fingerprint density at radius 1 is 1.06 bits per heavy atom. The van der Waals surface area contributed by atoms with E-state index < -0.39 is 0 Å². The van der Waals surface area contributed by atoms with Gasteiger partial charge < -0.3 is 19.7 Å². The third-order valence-electron chi connectivity index (χ3n) is 3.96. The molecule has 18 heavy (non-hydrogen) atoms. The first-order chi connectivity index (χ1) is 8.88. The minimum atomic E-state index is 0.703. The lowest BCUT2D eigenvalue weighted by molar-refractivity contribution is 0.0510. The predicted octanol–water partition coefficient (Wildman–Crippen LogP) is 1.11. The number of nitrogens with zero attached hydrogens (tertiary/aromatic N) is 1. The van der Waals surface area contributed by atoms with Crippen LogP contribution in [0.25, 0.3) is 0 Å². The lowest BCUT2D eigenvalue weighted by atomic mass is 9.97. The van der Waals surface area contributed by atoms with Crippen LogP contribution in [0.3, 0.4) is 0 Å². The van der Waals surface area contributed by atoms with Crippen molar-refractivity contribution in [1.29, 1.82) is 0 Å².